The third kappa shape index (κ3) is 4.43. The standard InChI is InChI=1S/C18H25N5O2/c1-15(16-3-5-17(6-4-16)23-14-19-13-20-23)21(2)8-7-18(24)22-9-11-25-12-10-22/h3-6,13-15H,7-12H2,1-2H3. The Hall–Kier alpha value is -2.25. The highest BCUT2D eigenvalue weighted by molar-refractivity contribution is 5.76. The van der Waals surface area contributed by atoms with Crippen molar-refractivity contribution in [2.75, 3.05) is 39.9 Å². The summed E-state index contributed by atoms with van der Waals surface area (Å²) in [5, 5.41) is 4.13. The van der Waals surface area contributed by atoms with Gasteiger partial charge in [-0.15, -0.1) is 0 Å². The number of rotatable bonds is 6. The minimum Gasteiger partial charge on any atom is -0.378 e. The average molecular weight is 343 g/mol. The molecule has 0 spiro atoms. The maximum Gasteiger partial charge on any atom is 0.224 e. The van der Waals surface area contributed by atoms with E-state index in [1.54, 1.807) is 11.0 Å². The second-order valence-electron chi connectivity index (χ2n) is 6.33. The molecule has 2 heterocycles. The van der Waals surface area contributed by atoms with Crippen molar-refractivity contribution in [3.05, 3.63) is 42.5 Å². The molecule has 2 aromatic rings. The van der Waals surface area contributed by atoms with E-state index in [9.17, 15) is 4.79 Å². The van der Waals surface area contributed by atoms with Crippen LogP contribution in [0.15, 0.2) is 36.9 Å². The van der Waals surface area contributed by atoms with Gasteiger partial charge in [0.05, 0.1) is 18.9 Å². The van der Waals surface area contributed by atoms with Gasteiger partial charge in [0.1, 0.15) is 12.7 Å². The van der Waals surface area contributed by atoms with Crippen LogP contribution in [0.2, 0.25) is 0 Å². The van der Waals surface area contributed by atoms with E-state index < -0.39 is 0 Å². The van der Waals surface area contributed by atoms with E-state index >= 15 is 0 Å². The van der Waals surface area contributed by atoms with E-state index in [1.165, 1.54) is 11.9 Å². The fourth-order valence-electron chi connectivity index (χ4n) is 2.94. The summed E-state index contributed by atoms with van der Waals surface area (Å²) in [5.74, 6) is 0.212. The summed E-state index contributed by atoms with van der Waals surface area (Å²) in [6.45, 7) is 5.61. The Balaban J connectivity index is 1.53. The normalized spacial score (nSPS) is 16.2. The van der Waals surface area contributed by atoms with Crippen molar-refractivity contribution in [3.8, 4) is 5.69 Å². The number of benzene rings is 1. The lowest BCUT2D eigenvalue weighted by atomic mass is 10.1. The molecule has 0 saturated carbocycles. The summed E-state index contributed by atoms with van der Waals surface area (Å²) in [5.41, 5.74) is 2.20. The maximum atomic E-state index is 12.3. The molecule has 1 fully saturated rings. The smallest absolute Gasteiger partial charge is 0.224 e. The van der Waals surface area contributed by atoms with Crippen LogP contribution in [0.4, 0.5) is 0 Å². The molecule has 3 rings (SSSR count). The van der Waals surface area contributed by atoms with Crippen LogP contribution in [0.3, 0.4) is 0 Å². The molecular formula is C18H25N5O2. The second-order valence-corrected chi connectivity index (χ2v) is 6.33. The zero-order valence-corrected chi connectivity index (χ0v) is 14.8. The Morgan fingerprint density at radius 1 is 1.28 bits per heavy atom. The predicted molar refractivity (Wildman–Crippen MR) is 94.4 cm³/mol. The number of aromatic nitrogens is 3. The number of morpholine rings is 1. The number of hydrogen-bond donors (Lipinski definition) is 0. The third-order valence-electron chi connectivity index (χ3n) is 4.76. The van der Waals surface area contributed by atoms with Crippen LogP contribution in [0.5, 0.6) is 0 Å². The Morgan fingerprint density at radius 3 is 2.64 bits per heavy atom. The molecule has 7 nitrogen and oxygen atoms in total. The van der Waals surface area contributed by atoms with Gasteiger partial charge in [0, 0.05) is 32.1 Å². The van der Waals surface area contributed by atoms with Gasteiger partial charge in [0.15, 0.2) is 0 Å². The minimum atomic E-state index is 0.212. The van der Waals surface area contributed by atoms with Gasteiger partial charge in [-0.3, -0.25) is 9.69 Å². The average Bonchev–Trinajstić information content (AvgIpc) is 3.21. The van der Waals surface area contributed by atoms with Crippen LogP contribution >= 0.6 is 0 Å². The SMILES string of the molecule is CC(c1ccc(-n2cncn2)cc1)N(C)CCC(=O)N1CCOCC1. The molecule has 0 radical (unpaired) electrons. The molecule has 1 atom stereocenters. The number of nitrogens with zero attached hydrogens (tertiary/aromatic N) is 5. The largest absolute Gasteiger partial charge is 0.378 e. The molecule has 0 bridgehead atoms. The van der Waals surface area contributed by atoms with Crippen molar-refractivity contribution < 1.29 is 9.53 Å². The fourth-order valence-corrected chi connectivity index (χ4v) is 2.94. The highest BCUT2D eigenvalue weighted by Crippen LogP contribution is 2.20. The lowest BCUT2D eigenvalue weighted by Crippen LogP contribution is -2.41. The maximum absolute atomic E-state index is 12.3. The monoisotopic (exact) mass is 343 g/mol. The van der Waals surface area contributed by atoms with Gasteiger partial charge in [-0.05, 0) is 31.7 Å². The number of carbonyl (C=O) groups excluding carboxylic acids is 1. The Labute approximate surface area is 148 Å². The van der Waals surface area contributed by atoms with Crippen molar-refractivity contribution in [3.63, 3.8) is 0 Å². The van der Waals surface area contributed by atoms with E-state index in [0.29, 0.717) is 32.7 Å². The molecule has 0 N–H and O–H groups in total. The van der Waals surface area contributed by atoms with Crippen LogP contribution < -0.4 is 0 Å². The molecule has 1 aromatic carbocycles. The first-order valence-electron chi connectivity index (χ1n) is 8.66. The second kappa shape index (κ2) is 8.22. The van der Waals surface area contributed by atoms with E-state index in [1.807, 2.05) is 17.0 Å². The summed E-state index contributed by atoms with van der Waals surface area (Å²) < 4.78 is 7.03. The van der Waals surface area contributed by atoms with Crippen LogP contribution in [0, 0.1) is 0 Å². The zero-order valence-electron chi connectivity index (χ0n) is 14.8. The molecule has 134 valence electrons. The summed E-state index contributed by atoms with van der Waals surface area (Å²) in [6, 6.07) is 8.51. The molecule has 1 aliphatic rings. The topological polar surface area (TPSA) is 63.5 Å². The summed E-state index contributed by atoms with van der Waals surface area (Å²) >= 11 is 0. The first kappa shape index (κ1) is 17.6. The molecule has 1 saturated heterocycles. The van der Waals surface area contributed by atoms with Gasteiger partial charge >= 0.3 is 0 Å². The van der Waals surface area contributed by atoms with Crippen LogP contribution in [-0.4, -0.2) is 70.4 Å². The molecule has 25 heavy (non-hydrogen) atoms. The zero-order chi connectivity index (χ0) is 17.6. The number of ether oxygens (including phenoxy) is 1. The van der Waals surface area contributed by atoms with Crippen LogP contribution in [0.25, 0.3) is 5.69 Å². The predicted octanol–water partition coefficient (Wildman–Crippen LogP) is 1.51. The third-order valence-corrected chi connectivity index (χ3v) is 4.76. The van der Waals surface area contributed by atoms with E-state index in [-0.39, 0.29) is 11.9 Å². The van der Waals surface area contributed by atoms with Gasteiger partial charge in [-0.1, -0.05) is 12.1 Å². The molecular weight excluding hydrogens is 318 g/mol. The lowest BCUT2D eigenvalue weighted by molar-refractivity contribution is -0.135. The fraction of sp³-hybridized carbons (Fsp3) is 0.500. The highest BCUT2D eigenvalue weighted by atomic mass is 16.5. The van der Waals surface area contributed by atoms with Gasteiger partial charge < -0.3 is 9.64 Å². The Kier molecular flexibility index (Phi) is 5.78. The van der Waals surface area contributed by atoms with Crippen molar-refractivity contribution in [2.45, 2.75) is 19.4 Å². The van der Waals surface area contributed by atoms with Gasteiger partial charge in [-0.2, -0.15) is 5.10 Å². The number of carbonyl (C=O) groups is 1. The van der Waals surface area contributed by atoms with Gasteiger partial charge in [0.25, 0.3) is 0 Å². The molecule has 0 aliphatic carbocycles. The number of amides is 1. The Morgan fingerprint density at radius 2 is 2.00 bits per heavy atom. The van der Waals surface area contributed by atoms with Crippen LogP contribution in [-0.2, 0) is 9.53 Å². The quantitative estimate of drug-likeness (QED) is 0.795. The molecule has 1 unspecified atom stereocenters. The van der Waals surface area contributed by atoms with Crippen molar-refractivity contribution >= 4 is 5.91 Å². The summed E-state index contributed by atoms with van der Waals surface area (Å²) in [6.07, 6.45) is 3.75. The molecule has 1 aliphatic heterocycles. The first-order valence-corrected chi connectivity index (χ1v) is 8.66. The lowest BCUT2D eigenvalue weighted by Gasteiger charge is -2.29. The first-order chi connectivity index (χ1) is 12.1. The van der Waals surface area contributed by atoms with Crippen molar-refractivity contribution in [1.82, 2.24) is 24.6 Å². The van der Waals surface area contributed by atoms with E-state index in [0.717, 1.165) is 12.2 Å². The van der Waals surface area contributed by atoms with Crippen molar-refractivity contribution in [1.29, 1.82) is 0 Å². The Bertz CT molecular complexity index is 665. The minimum absolute atomic E-state index is 0.212. The highest BCUT2D eigenvalue weighted by Gasteiger charge is 2.18. The van der Waals surface area contributed by atoms with Gasteiger partial charge in [0.2, 0.25) is 5.91 Å². The van der Waals surface area contributed by atoms with Crippen LogP contribution in [0.1, 0.15) is 24.9 Å². The number of hydrogen-bond acceptors (Lipinski definition) is 5. The van der Waals surface area contributed by atoms with Crippen molar-refractivity contribution in [2.24, 2.45) is 0 Å². The van der Waals surface area contributed by atoms with E-state index in [2.05, 4.69) is 41.1 Å². The molecule has 1 amide bonds. The van der Waals surface area contributed by atoms with E-state index in [4.69, 9.17) is 4.74 Å². The summed E-state index contributed by atoms with van der Waals surface area (Å²) in [7, 11) is 2.06. The van der Waals surface area contributed by atoms with Gasteiger partial charge in [-0.25, -0.2) is 9.67 Å². The molecule has 7 heteroatoms. The molecule has 1 aromatic heterocycles. The summed E-state index contributed by atoms with van der Waals surface area (Å²) in [4.78, 5) is 20.3.